The van der Waals surface area contributed by atoms with Crippen LogP contribution in [0.2, 0.25) is 0 Å². The minimum Gasteiger partial charge on any atom is -0.385 e. The van der Waals surface area contributed by atoms with Crippen molar-refractivity contribution in [3.63, 3.8) is 0 Å². The number of fused-ring (bicyclic) bond motifs is 1. The van der Waals surface area contributed by atoms with E-state index >= 15 is 0 Å². The Kier molecular flexibility index (Phi) is 2.63. The highest BCUT2D eigenvalue weighted by molar-refractivity contribution is 5.88. The Morgan fingerprint density at radius 1 is 1.41 bits per heavy atom. The van der Waals surface area contributed by atoms with Crippen molar-refractivity contribution >= 4 is 5.84 Å². The van der Waals surface area contributed by atoms with Crippen molar-refractivity contribution in [2.45, 2.75) is 44.4 Å². The predicted molar refractivity (Wildman–Crippen MR) is 68.2 cm³/mol. The van der Waals surface area contributed by atoms with Gasteiger partial charge in [-0.3, -0.25) is 4.99 Å². The maximum absolute atomic E-state index is 5.83. The molecule has 3 nitrogen and oxygen atoms in total. The van der Waals surface area contributed by atoms with Crippen molar-refractivity contribution in [2.24, 2.45) is 10.7 Å². The van der Waals surface area contributed by atoms with E-state index in [4.69, 9.17) is 10.5 Å². The second-order valence-corrected chi connectivity index (χ2v) is 5.00. The monoisotopic (exact) mass is 230 g/mol. The minimum atomic E-state index is 0.143. The summed E-state index contributed by atoms with van der Waals surface area (Å²) in [6, 6.07) is 8.88. The van der Waals surface area contributed by atoms with E-state index < -0.39 is 0 Å². The van der Waals surface area contributed by atoms with E-state index in [0.29, 0.717) is 18.0 Å². The predicted octanol–water partition coefficient (Wildman–Crippen LogP) is 1.82. The van der Waals surface area contributed by atoms with Crippen LogP contribution >= 0.6 is 0 Å². The van der Waals surface area contributed by atoms with Gasteiger partial charge in [-0.1, -0.05) is 24.3 Å². The standard InChI is InChI=1S/C14H18N2O/c1-9-4-2-3-5-10(9)6-7-11-8-12-13(17-12)14(15)16-11/h2-5,11-13H,6-8H2,1H3,(H2,15,16)/t11-,12?,13?/m0/s1. The summed E-state index contributed by atoms with van der Waals surface area (Å²) in [5.74, 6) is 0.705. The van der Waals surface area contributed by atoms with Crippen LogP contribution in [0.1, 0.15) is 24.0 Å². The molecule has 0 bridgehead atoms. The van der Waals surface area contributed by atoms with Crippen LogP contribution in [0.4, 0.5) is 0 Å². The maximum Gasteiger partial charge on any atom is 0.141 e. The molecule has 2 N–H and O–H groups in total. The van der Waals surface area contributed by atoms with Gasteiger partial charge in [-0.05, 0) is 37.3 Å². The molecule has 2 heterocycles. The second-order valence-electron chi connectivity index (χ2n) is 5.00. The first-order valence-electron chi connectivity index (χ1n) is 6.27. The molecule has 90 valence electrons. The van der Waals surface area contributed by atoms with Crippen LogP contribution in [0.5, 0.6) is 0 Å². The lowest BCUT2D eigenvalue weighted by atomic mass is 9.97. The Morgan fingerprint density at radius 3 is 3.00 bits per heavy atom. The quantitative estimate of drug-likeness (QED) is 0.805. The summed E-state index contributed by atoms with van der Waals surface area (Å²) in [6.07, 6.45) is 3.68. The van der Waals surface area contributed by atoms with Crippen LogP contribution in [0.3, 0.4) is 0 Å². The van der Waals surface area contributed by atoms with Crippen molar-refractivity contribution < 1.29 is 4.74 Å². The first-order chi connectivity index (χ1) is 8.24. The molecule has 1 aromatic rings. The molecule has 0 amide bonds. The van der Waals surface area contributed by atoms with Crippen molar-refractivity contribution in [2.75, 3.05) is 0 Å². The molecule has 0 aliphatic carbocycles. The van der Waals surface area contributed by atoms with Gasteiger partial charge in [-0.2, -0.15) is 0 Å². The number of nitrogens with two attached hydrogens (primary N) is 1. The summed E-state index contributed by atoms with van der Waals surface area (Å²) in [5, 5.41) is 0. The van der Waals surface area contributed by atoms with Gasteiger partial charge in [0, 0.05) is 0 Å². The molecule has 1 aromatic carbocycles. The largest absolute Gasteiger partial charge is 0.385 e. The number of nitrogens with zero attached hydrogens (tertiary/aromatic N) is 1. The van der Waals surface area contributed by atoms with E-state index in [1.807, 2.05) is 0 Å². The fraction of sp³-hybridized carbons (Fsp3) is 0.500. The zero-order chi connectivity index (χ0) is 11.8. The number of aliphatic imine (C=N–C) groups is 1. The van der Waals surface area contributed by atoms with Crippen LogP contribution in [-0.4, -0.2) is 24.1 Å². The zero-order valence-corrected chi connectivity index (χ0v) is 10.1. The van der Waals surface area contributed by atoms with Crippen LogP contribution in [0.15, 0.2) is 29.3 Å². The number of amidine groups is 1. The SMILES string of the molecule is Cc1ccccc1CC[C@H]1CC2OC2C(N)=N1. The molecule has 2 unspecified atom stereocenters. The van der Waals surface area contributed by atoms with Gasteiger partial charge in [0.15, 0.2) is 0 Å². The molecule has 2 aliphatic rings. The van der Waals surface area contributed by atoms with Gasteiger partial charge >= 0.3 is 0 Å². The van der Waals surface area contributed by atoms with Crippen molar-refractivity contribution in [1.29, 1.82) is 0 Å². The molecule has 3 rings (SSSR count). The average molecular weight is 230 g/mol. The molecule has 3 heteroatoms. The summed E-state index contributed by atoms with van der Waals surface area (Å²) in [5.41, 5.74) is 8.61. The number of rotatable bonds is 3. The topological polar surface area (TPSA) is 50.9 Å². The molecular formula is C14H18N2O. The maximum atomic E-state index is 5.83. The van der Waals surface area contributed by atoms with Crippen molar-refractivity contribution in [1.82, 2.24) is 0 Å². The summed E-state index contributed by atoms with van der Waals surface area (Å²) in [6.45, 7) is 2.16. The third-order valence-corrected chi connectivity index (χ3v) is 3.72. The smallest absolute Gasteiger partial charge is 0.141 e. The van der Waals surface area contributed by atoms with E-state index in [9.17, 15) is 0 Å². The first kappa shape index (κ1) is 10.8. The first-order valence-corrected chi connectivity index (χ1v) is 6.27. The lowest BCUT2D eigenvalue weighted by molar-refractivity contribution is 0.374. The van der Waals surface area contributed by atoms with Crippen molar-refractivity contribution in [3.8, 4) is 0 Å². The molecule has 3 atom stereocenters. The molecule has 0 spiro atoms. The Morgan fingerprint density at radius 2 is 2.24 bits per heavy atom. The Balaban J connectivity index is 1.62. The van der Waals surface area contributed by atoms with E-state index in [1.54, 1.807) is 0 Å². The Hall–Kier alpha value is -1.35. The number of ether oxygens (including phenoxy) is 1. The number of hydrogen-bond acceptors (Lipinski definition) is 3. The second kappa shape index (κ2) is 4.15. The van der Waals surface area contributed by atoms with Crippen molar-refractivity contribution in [3.05, 3.63) is 35.4 Å². The lowest BCUT2D eigenvalue weighted by Crippen LogP contribution is -2.29. The number of epoxide rings is 1. The highest BCUT2D eigenvalue weighted by atomic mass is 16.6. The van der Waals surface area contributed by atoms with Crippen LogP contribution in [-0.2, 0) is 11.2 Å². The third-order valence-electron chi connectivity index (χ3n) is 3.72. The molecule has 17 heavy (non-hydrogen) atoms. The summed E-state index contributed by atoms with van der Waals surface area (Å²) >= 11 is 0. The fourth-order valence-corrected chi connectivity index (χ4v) is 2.58. The molecule has 0 saturated carbocycles. The Labute approximate surface area is 102 Å². The fourth-order valence-electron chi connectivity index (χ4n) is 2.58. The molecule has 0 aromatic heterocycles. The number of benzene rings is 1. The molecule has 2 aliphatic heterocycles. The van der Waals surface area contributed by atoms with Gasteiger partial charge in [-0.25, -0.2) is 0 Å². The van der Waals surface area contributed by atoms with E-state index in [2.05, 4.69) is 36.2 Å². The minimum absolute atomic E-state index is 0.143. The van der Waals surface area contributed by atoms with Gasteiger partial charge < -0.3 is 10.5 Å². The van der Waals surface area contributed by atoms with Gasteiger partial charge in [0.05, 0.1) is 12.1 Å². The van der Waals surface area contributed by atoms with Crippen LogP contribution < -0.4 is 5.73 Å². The van der Waals surface area contributed by atoms with Crippen LogP contribution in [0.25, 0.3) is 0 Å². The summed E-state index contributed by atoms with van der Waals surface area (Å²) < 4.78 is 5.44. The molecule has 1 saturated heterocycles. The zero-order valence-electron chi connectivity index (χ0n) is 10.1. The molecule has 1 fully saturated rings. The average Bonchev–Trinajstić information content (AvgIpc) is 3.08. The highest BCUT2D eigenvalue weighted by Crippen LogP contribution is 2.33. The van der Waals surface area contributed by atoms with E-state index in [-0.39, 0.29) is 6.10 Å². The Bertz CT molecular complexity index is 455. The van der Waals surface area contributed by atoms with E-state index in [0.717, 1.165) is 19.3 Å². The number of aryl methyl sites for hydroxylation is 2. The molecular weight excluding hydrogens is 212 g/mol. The van der Waals surface area contributed by atoms with Gasteiger partial charge in [-0.15, -0.1) is 0 Å². The summed E-state index contributed by atoms with van der Waals surface area (Å²) in [4.78, 5) is 4.52. The van der Waals surface area contributed by atoms with Gasteiger partial charge in [0.2, 0.25) is 0 Å². The number of hydrogen-bond donors (Lipinski definition) is 1. The van der Waals surface area contributed by atoms with E-state index in [1.165, 1.54) is 11.1 Å². The summed E-state index contributed by atoms with van der Waals surface area (Å²) in [7, 11) is 0. The lowest BCUT2D eigenvalue weighted by Gasteiger charge is -2.16. The van der Waals surface area contributed by atoms with Gasteiger partial charge in [0.1, 0.15) is 11.9 Å². The third kappa shape index (κ3) is 2.20. The van der Waals surface area contributed by atoms with Crippen LogP contribution in [0, 0.1) is 6.92 Å². The normalized spacial score (nSPS) is 30.6. The molecule has 0 radical (unpaired) electrons. The van der Waals surface area contributed by atoms with Gasteiger partial charge in [0.25, 0.3) is 0 Å². The highest BCUT2D eigenvalue weighted by Gasteiger charge is 2.46.